The average molecular weight is 268 g/mol. The highest BCUT2D eigenvalue weighted by Gasteiger charge is 2.12. The maximum absolute atomic E-state index is 9.73. The molecular weight excluding hydrogens is 240 g/mol. The SMILES string of the molecule is C=C[C@@](C)(O)CCC=C(C)CCC=C(C)C.O=CO. The van der Waals surface area contributed by atoms with Crippen LogP contribution in [0.4, 0.5) is 0 Å². The number of aliphatic hydroxyl groups is 1. The van der Waals surface area contributed by atoms with E-state index in [-0.39, 0.29) is 6.47 Å². The van der Waals surface area contributed by atoms with Crippen LogP contribution in [-0.4, -0.2) is 22.3 Å². The quantitative estimate of drug-likeness (QED) is 0.540. The molecule has 3 heteroatoms. The molecule has 0 rings (SSSR count). The molecule has 19 heavy (non-hydrogen) atoms. The number of hydrogen-bond acceptors (Lipinski definition) is 2. The van der Waals surface area contributed by atoms with Crippen LogP contribution in [0.15, 0.2) is 36.0 Å². The smallest absolute Gasteiger partial charge is 0.290 e. The first-order valence-corrected chi connectivity index (χ1v) is 6.52. The molecule has 0 aromatic carbocycles. The molecule has 0 aromatic heterocycles. The zero-order chi connectivity index (χ0) is 15.3. The highest BCUT2D eigenvalue weighted by molar-refractivity contribution is 5.32. The average Bonchev–Trinajstić information content (AvgIpc) is 2.29. The minimum absolute atomic E-state index is 0.250. The third-order valence-corrected chi connectivity index (χ3v) is 2.67. The first kappa shape index (κ1) is 20.0. The number of carboxylic acid groups (broad SMARTS) is 1. The largest absolute Gasteiger partial charge is 0.483 e. The van der Waals surface area contributed by atoms with Gasteiger partial charge in [0.1, 0.15) is 0 Å². The van der Waals surface area contributed by atoms with Crippen molar-refractivity contribution in [1.29, 1.82) is 0 Å². The van der Waals surface area contributed by atoms with Crippen LogP contribution in [-0.2, 0) is 4.79 Å². The monoisotopic (exact) mass is 268 g/mol. The minimum Gasteiger partial charge on any atom is -0.483 e. The molecule has 0 saturated carbocycles. The lowest BCUT2D eigenvalue weighted by Crippen LogP contribution is -2.19. The van der Waals surface area contributed by atoms with Gasteiger partial charge in [-0.25, -0.2) is 0 Å². The van der Waals surface area contributed by atoms with E-state index in [9.17, 15) is 5.11 Å². The Morgan fingerprint density at radius 3 is 2.16 bits per heavy atom. The van der Waals surface area contributed by atoms with Crippen molar-refractivity contribution in [2.75, 3.05) is 0 Å². The van der Waals surface area contributed by atoms with E-state index in [1.807, 2.05) is 0 Å². The van der Waals surface area contributed by atoms with Crippen molar-refractivity contribution in [2.24, 2.45) is 0 Å². The fraction of sp³-hybridized carbons (Fsp3) is 0.562. The van der Waals surface area contributed by atoms with Crippen LogP contribution >= 0.6 is 0 Å². The summed E-state index contributed by atoms with van der Waals surface area (Å²) in [6.07, 6.45) is 9.98. The summed E-state index contributed by atoms with van der Waals surface area (Å²) in [5, 5.41) is 16.6. The summed E-state index contributed by atoms with van der Waals surface area (Å²) in [6, 6.07) is 0. The van der Waals surface area contributed by atoms with E-state index in [0.717, 1.165) is 25.7 Å². The van der Waals surface area contributed by atoms with Crippen LogP contribution in [0.3, 0.4) is 0 Å². The normalized spacial score (nSPS) is 13.6. The van der Waals surface area contributed by atoms with Gasteiger partial charge in [0.25, 0.3) is 6.47 Å². The second-order valence-corrected chi connectivity index (χ2v) is 5.08. The Bertz CT molecular complexity index is 308. The third-order valence-electron chi connectivity index (χ3n) is 2.67. The van der Waals surface area contributed by atoms with Gasteiger partial charge in [0, 0.05) is 0 Å². The van der Waals surface area contributed by atoms with Crippen LogP contribution in [0.1, 0.15) is 53.4 Å². The van der Waals surface area contributed by atoms with Crippen LogP contribution < -0.4 is 0 Å². The predicted octanol–water partition coefficient (Wildman–Crippen LogP) is 4.10. The Kier molecular flexibility index (Phi) is 12.3. The van der Waals surface area contributed by atoms with E-state index in [2.05, 4.69) is 39.5 Å². The van der Waals surface area contributed by atoms with Crippen molar-refractivity contribution in [3.8, 4) is 0 Å². The second kappa shape index (κ2) is 11.7. The summed E-state index contributed by atoms with van der Waals surface area (Å²) < 4.78 is 0. The first-order chi connectivity index (χ1) is 8.79. The van der Waals surface area contributed by atoms with Gasteiger partial charge in [0.05, 0.1) is 5.60 Å². The minimum atomic E-state index is -0.726. The molecule has 2 N–H and O–H groups in total. The van der Waals surface area contributed by atoms with Crippen molar-refractivity contribution >= 4 is 6.47 Å². The van der Waals surface area contributed by atoms with E-state index in [0.29, 0.717) is 0 Å². The summed E-state index contributed by atoms with van der Waals surface area (Å²) >= 11 is 0. The summed E-state index contributed by atoms with van der Waals surface area (Å²) in [5.74, 6) is 0. The third kappa shape index (κ3) is 16.6. The molecule has 0 heterocycles. The highest BCUT2D eigenvalue weighted by Crippen LogP contribution is 2.15. The maximum atomic E-state index is 9.73. The summed E-state index contributed by atoms with van der Waals surface area (Å²) in [5.41, 5.74) is 2.05. The van der Waals surface area contributed by atoms with Crippen molar-refractivity contribution in [1.82, 2.24) is 0 Å². The molecule has 1 atom stereocenters. The van der Waals surface area contributed by atoms with Gasteiger partial charge in [-0.1, -0.05) is 29.4 Å². The van der Waals surface area contributed by atoms with Crippen molar-refractivity contribution < 1.29 is 15.0 Å². The van der Waals surface area contributed by atoms with Gasteiger partial charge >= 0.3 is 0 Å². The molecule has 0 aliphatic carbocycles. The maximum Gasteiger partial charge on any atom is 0.290 e. The van der Waals surface area contributed by atoms with Crippen molar-refractivity contribution in [3.05, 3.63) is 36.0 Å². The molecular formula is C16H28O3. The highest BCUT2D eigenvalue weighted by atomic mass is 16.3. The van der Waals surface area contributed by atoms with Gasteiger partial charge in [-0.2, -0.15) is 0 Å². The van der Waals surface area contributed by atoms with Crippen LogP contribution in [0.2, 0.25) is 0 Å². The lowest BCUT2D eigenvalue weighted by atomic mass is 9.99. The fourth-order valence-corrected chi connectivity index (χ4v) is 1.40. The Morgan fingerprint density at radius 2 is 1.74 bits per heavy atom. The van der Waals surface area contributed by atoms with Crippen LogP contribution in [0.25, 0.3) is 0 Å². The molecule has 0 fully saturated rings. The van der Waals surface area contributed by atoms with Crippen LogP contribution in [0, 0.1) is 0 Å². The lowest BCUT2D eigenvalue weighted by Gasteiger charge is -2.16. The second-order valence-electron chi connectivity index (χ2n) is 5.08. The van der Waals surface area contributed by atoms with Gasteiger partial charge in [0.15, 0.2) is 0 Å². The van der Waals surface area contributed by atoms with E-state index >= 15 is 0 Å². The van der Waals surface area contributed by atoms with E-state index in [1.165, 1.54) is 11.1 Å². The number of allylic oxidation sites excluding steroid dienone is 4. The van der Waals surface area contributed by atoms with Gasteiger partial charge in [-0.3, -0.25) is 4.79 Å². The van der Waals surface area contributed by atoms with Crippen molar-refractivity contribution in [2.45, 2.75) is 59.0 Å². The molecule has 0 saturated heterocycles. The molecule has 3 nitrogen and oxygen atoms in total. The lowest BCUT2D eigenvalue weighted by molar-refractivity contribution is -0.122. The number of carbonyl (C=O) groups is 1. The molecule has 0 bridgehead atoms. The molecule has 0 amide bonds. The molecule has 0 unspecified atom stereocenters. The fourth-order valence-electron chi connectivity index (χ4n) is 1.40. The van der Waals surface area contributed by atoms with Gasteiger partial charge in [-0.15, -0.1) is 6.58 Å². The first-order valence-electron chi connectivity index (χ1n) is 6.52. The van der Waals surface area contributed by atoms with E-state index in [1.54, 1.807) is 13.0 Å². The van der Waals surface area contributed by atoms with Crippen molar-refractivity contribution in [3.63, 3.8) is 0 Å². The zero-order valence-electron chi connectivity index (χ0n) is 12.6. The van der Waals surface area contributed by atoms with Gasteiger partial charge in [-0.05, 0) is 53.4 Å². The molecule has 0 spiro atoms. The summed E-state index contributed by atoms with van der Waals surface area (Å²) in [7, 11) is 0. The van der Waals surface area contributed by atoms with E-state index < -0.39 is 5.60 Å². The van der Waals surface area contributed by atoms with Gasteiger partial charge < -0.3 is 10.2 Å². The Hall–Kier alpha value is -1.35. The predicted molar refractivity (Wildman–Crippen MR) is 81.2 cm³/mol. The molecule has 0 radical (unpaired) electrons. The topological polar surface area (TPSA) is 57.5 Å². The summed E-state index contributed by atoms with van der Waals surface area (Å²) in [4.78, 5) is 8.36. The Balaban J connectivity index is 0. The number of rotatable bonds is 7. The zero-order valence-corrected chi connectivity index (χ0v) is 12.6. The molecule has 110 valence electrons. The molecule has 0 aromatic rings. The molecule has 0 aliphatic rings. The van der Waals surface area contributed by atoms with Gasteiger partial charge in [0.2, 0.25) is 0 Å². The standard InChI is InChI=1S/C15H26O.CH2O2/c1-6-15(5,16)12-8-11-14(4)10-7-9-13(2)3;2-1-3/h6,9,11,16H,1,7-8,10,12H2,2-5H3;1H,(H,2,3)/t15-;/m1./s1. The summed E-state index contributed by atoms with van der Waals surface area (Å²) in [6.45, 7) is 11.6. The van der Waals surface area contributed by atoms with Crippen LogP contribution in [0.5, 0.6) is 0 Å². The molecule has 0 aliphatic heterocycles. The number of hydrogen-bond donors (Lipinski definition) is 2. The Labute approximate surface area is 117 Å². The van der Waals surface area contributed by atoms with E-state index in [4.69, 9.17) is 9.90 Å². The Morgan fingerprint density at radius 1 is 1.21 bits per heavy atom.